The average molecular weight is 187 g/mol. The van der Waals surface area contributed by atoms with Gasteiger partial charge in [0, 0.05) is 5.57 Å². The van der Waals surface area contributed by atoms with E-state index in [1.165, 1.54) is 0 Å². The monoisotopic (exact) mass is 187 g/mol. The first-order chi connectivity index (χ1) is 6.62. The molecular weight excluding hydrogens is 174 g/mol. The van der Waals surface area contributed by atoms with E-state index in [2.05, 4.69) is 5.32 Å². The SMILES string of the molecule is CC1=C[C@@](C)(c2ccccc2)NC1=O. The lowest BCUT2D eigenvalue weighted by Gasteiger charge is -2.22. The minimum absolute atomic E-state index is 0.0244. The molecule has 0 aromatic heterocycles. The second-order valence-electron chi connectivity index (χ2n) is 3.85. The van der Waals surface area contributed by atoms with Crippen LogP contribution in [0.2, 0.25) is 0 Å². The largest absolute Gasteiger partial charge is 0.340 e. The number of hydrogen-bond donors (Lipinski definition) is 1. The number of hydrogen-bond acceptors (Lipinski definition) is 1. The van der Waals surface area contributed by atoms with Crippen LogP contribution in [-0.4, -0.2) is 5.91 Å². The molecule has 0 saturated carbocycles. The van der Waals surface area contributed by atoms with Crippen LogP contribution in [0, 0.1) is 0 Å². The zero-order valence-corrected chi connectivity index (χ0v) is 8.37. The second kappa shape index (κ2) is 2.98. The lowest BCUT2D eigenvalue weighted by atomic mass is 9.93. The van der Waals surface area contributed by atoms with Crippen molar-refractivity contribution in [3.63, 3.8) is 0 Å². The molecule has 0 spiro atoms. The molecule has 0 aliphatic carbocycles. The molecule has 0 unspecified atom stereocenters. The zero-order chi connectivity index (χ0) is 10.2. The van der Waals surface area contributed by atoms with Crippen molar-refractivity contribution in [1.29, 1.82) is 0 Å². The third-order valence-electron chi connectivity index (χ3n) is 2.61. The summed E-state index contributed by atoms with van der Waals surface area (Å²) in [6, 6.07) is 9.98. The summed E-state index contributed by atoms with van der Waals surface area (Å²) in [4.78, 5) is 11.4. The molecule has 1 aliphatic rings. The Bertz CT molecular complexity index is 394. The van der Waals surface area contributed by atoms with Crippen LogP contribution < -0.4 is 5.32 Å². The van der Waals surface area contributed by atoms with Crippen molar-refractivity contribution in [1.82, 2.24) is 5.32 Å². The first-order valence-electron chi connectivity index (χ1n) is 4.69. The minimum atomic E-state index is -0.331. The van der Waals surface area contributed by atoms with Crippen LogP contribution >= 0.6 is 0 Å². The highest BCUT2D eigenvalue weighted by Gasteiger charge is 2.32. The molecule has 1 aromatic rings. The molecule has 1 heterocycles. The van der Waals surface area contributed by atoms with Crippen LogP contribution in [0.1, 0.15) is 19.4 Å². The minimum Gasteiger partial charge on any atom is -0.340 e. The molecule has 1 amide bonds. The van der Waals surface area contributed by atoms with Crippen molar-refractivity contribution < 1.29 is 4.79 Å². The van der Waals surface area contributed by atoms with Crippen LogP contribution in [0.4, 0.5) is 0 Å². The van der Waals surface area contributed by atoms with Gasteiger partial charge in [-0.2, -0.15) is 0 Å². The molecule has 0 bridgehead atoms. The van der Waals surface area contributed by atoms with Gasteiger partial charge in [-0.1, -0.05) is 30.3 Å². The van der Waals surface area contributed by atoms with Crippen LogP contribution in [0.5, 0.6) is 0 Å². The highest BCUT2D eigenvalue weighted by atomic mass is 16.2. The quantitative estimate of drug-likeness (QED) is 0.715. The fourth-order valence-corrected chi connectivity index (χ4v) is 1.81. The van der Waals surface area contributed by atoms with Gasteiger partial charge in [0.2, 0.25) is 5.91 Å². The van der Waals surface area contributed by atoms with Gasteiger partial charge in [0.15, 0.2) is 0 Å². The third-order valence-corrected chi connectivity index (χ3v) is 2.61. The van der Waals surface area contributed by atoms with Gasteiger partial charge in [0.1, 0.15) is 0 Å². The summed E-state index contributed by atoms with van der Waals surface area (Å²) in [6.45, 7) is 3.85. The Morgan fingerprint density at radius 3 is 2.36 bits per heavy atom. The third kappa shape index (κ3) is 1.33. The highest BCUT2D eigenvalue weighted by molar-refractivity contribution is 5.96. The number of nitrogens with one attached hydrogen (secondary N) is 1. The van der Waals surface area contributed by atoms with Crippen molar-refractivity contribution in [3.05, 3.63) is 47.5 Å². The van der Waals surface area contributed by atoms with Crippen molar-refractivity contribution in [3.8, 4) is 0 Å². The number of amides is 1. The Morgan fingerprint density at radius 1 is 1.21 bits per heavy atom. The maximum absolute atomic E-state index is 11.4. The standard InChI is InChI=1S/C12H13NO/c1-9-8-12(2,13-11(9)14)10-6-4-3-5-7-10/h3-8H,1-2H3,(H,13,14)/t12-/m0/s1. The predicted molar refractivity (Wildman–Crippen MR) is 55.7 cm³/mol. The van der Waals surface area contributed by atoms with Gasteiger partial charge >= 0.3 is 0 Å². The summed E-state index contributed by atoms with van der Waals surface area (Å²) in [5.41, 5.74) is 1.57. The van der Waals surface area contributed by atoms with E-state index in [1.54, 1.807) is 0 Å². The molecular formula is C12H13NO. The van der Waals surface area contributed by atoms with Gasteiger partial charge in [0.05, 0.1) is 5.54 Å². The number of carbonyl (C=O) groups is 1. The van der Waals surface area contributed by atoms with Crippen molar-refractivity contribution in [2.24, 2.45) is 0 Å². The fraction of sp³-hybridized carbons (Fsp3) is 0.250. The Balaban J connectivity index is 2.41. The van der Waals surface area contributed by atoms with Crippen molar-refractivity contribution in [2.45, 2.75) is 19.4 Å². The number of benzene rings is 1. The van der Waals surface area contributed by atoms with E-state index in [9.17, 15) is 4.79 Å². The normalized spacial score (nSPS) is 25.9. The molecule has 14 heavy (non-hydrogen) atoms. The molecule has 2 nitrogen and oxygen atoms in total. The molecule has 72 valence electrons. The first-order valence-corrected chi connectivity index (χ1v) is 4.69. The lowest BCUT2D eigenvalue weighted by Crippen LogP contribution is -2.36. The number of rotatable bonds is 1. The summed E-state index contributed by atoms with van der Waals surface area (Å²) in [5.74, 6) is 0.0244. The van der Waals surface area contributed by atoms with Crippen molar-refractivity contribution in [2.75, 3.05) is 0 Å². The molecule has 1 aliphatic heterocycles. The summed E-state index contributed by atoms with van der Waals surface area (Å²) < 4.78 is 0. The predicted octanol–water partition coefficient (Wildman–Crippen LogP) is 1.98. The van der Waals surface area contributed by atoms with Crippen LogP contribution in [0.15, 0.2) is 42.0 Å². The van der Waals surface area contributed by atoms with Gasteiger partial charge < -0.3 is 5.32 Å². The van der Waals surface area contributed by atoms with E-state index < -0.39 is 0 Å². The van der Waals surface area contributed by atoms with Crippen LogP contribution in [0.3, 0.4) is 0 Å². The van der Waals surface area contributed by atoms with Crippen LogP contribution in [-0.2, 0) is 10.3 Å². The molecule has 0 saturated heterocycles. The molecule has 1 N–H and O–H groups in total. The maximum Gasteiger partial charge on any atom is 0.247 e. The molecule has 0 fully saturated rings. The van der Waals surface area contributed by atoms with Crippen LogP contribution in [0.25, 0.3) is 0 Å². The Kier molecular flexibility index (Phi) is 1.92. The summed E-state index contributed by atoms with van der Waals surface area (Å²) in [6.07, 6.45) is 1.98. The molecule has 2 rings (SSSR count). The van der Waals surface area contributed by atoms with E-state index in [-0.39, 0.29) is 11.4 Å². The van der Waals surface area contributed by atoms with Gasteiger partial charge in [-0.05, 0) is 25.5 Å². The van der Waals surface area contributed by atoms with Gasteiger partial charge in [-0.25, -0.2) is 0 Å². The zero-order valence-electron chi connectivity index (χ0n) is 8.37. The molecule has 1 atom stereocenters. The Morgan fingerprint density at radius 2 is 1.86 bits per heavy atom. The van der Waals surface area contributed by atoms with Gasteiger partial charge in [0.25, 0.3) is 0 Å². The highest BCUT2D eigenvalue weighted by Crippen LogP contribution is 2.28. The van der Waals surface area contributed by atoms with Crippen molar-refractivity contribution >= 4 is 5.91 Å². The lowest BCUT2D eigenvalue weighted by molar-refractivity contribution is -0.117. The summed E-state index contributed by atoms with van der Waals surface area (Å²) >= 11 is 0. The summed E-state index contributed by atoms with van der Waals surface area (Å²) in [7, 11) is 0. The summed E-state index contributed by atoms with van der Waals surface area (Å²) in [5, 5.41) is 2.96. The Hall–Kier alpha value is -1.57. The van der Waals surface area contributed by atoms with Gasteiger partial charge in [-0.3, -0.25) is 4.79 Å². The second-order valence-corrected chi connectivity index (χ2v) is 3.85. The first kappa shape index (κ1) is 9.00. The van der Waals surface area contributed by atoms with E-state index in [1.807, 2.05) is 50.3 Å². The van der Waals surface area contributed by atoms with E-state index >= 15 is 0 Å². The fourth-order valence-electron chi connectivity index (χ4n) is 1.81. The van der Waals surface area contributed by atoms with E-state index in [4.69, 9.17) is 0 Å². The average Bonchev–Trinajstić information content (AvgIpc) is 2.44. The smallest absolute Gasteiger partial charge is 0.247 e. The number of carbonyl (C=O) groups excluding carboxylic acids is 1. The Labute approximate surface area is 83.6 Å². The molecule has 1 aromatic carbocycles. The molecule has 2 heteroatoms. The molecule has 0 radical (unpaired) electrons. The van der Waals surface area contributed by atoms with E-state index in [0.717, 1.165) is 11.1 Å². The van der Waals surface area contributed by atoms with E-state index in [0.29, 0.717) is 0 Å². The van der Waals surface area contributed by atoms with Gasteiger partial charge in [-0.15, -0.1) is 0 Å². The maximum atomic E-state index is 11.4. The topological polar surface area (TPSA) is 29.1 Å².